The minimum atomic E-state index is -3.75. The minimum Gasteiger partial charge on any atom is -0.465 e. The second-order valence-electron chi connectivity index (χ2n) is 5.06. The number of nitrogens with two attached hydrogens (primary N) is 1. The Morgan fingerprint density at radius 2 is 2.10 bits per heavy atom. The van der Waals surface area contributed by atoms with Crippen molar-refractivity contribution >= 4 is 21.7 Å². The summed E-state index contributed by atoms with van der Waals surface area (Å²) in [5.41, 5.74) is 6.71. The lowest BCUT2D eigenvalue weighted by Crippen LogP contribution is -2.38. The van der Waals surface area contributed by atoms with Crippen LogP contribution in [0.3, 0.4) is 0 Å². The molecule has 1 aromatic carbocycles. The highest BCUT2D eigenvalue weighted by Gasteiger charge is 2.40. The Labute approximate surface area is 124 Å². The summed E-state index contributed by atoms with van der Waals surface area (Å²) < 4.78 is 31.7. The number of hydrogen-bond acceptors (Lipinski definition) is 5. The van der Waals surface area contributed by atoms with E-state index >= 15 is 0 Å². The molecule has 0 bridgehead atoms. The standard InChI is InChI=1S/C14H20N2O4S/c1-3-20-14(17)9-16(11-7-8-11)21(18,19)13-6-4-5-12(15)10(13)2/h4-6,11H,3,7-9,15H2,1-2H3. The van der Waals surface area contributed by atoms with Gasteiger partial charge in [-0.15, -0.1) is 0 Å². The number of nitrogen functional groups attached to an aromatic ring is 1. The van der Waals surface area contributed by atoms with Crippen LogP contribution in [0.15, 0.2) is 23.1 Å². The number of carbonyl (C=O) groups excluding carboxylic acids is 1. The van der Waals surface area contributed by atoms with Gasteiger partial charge in [0.05, 0.1) is 11.5 Å². The SMILES string of the molecule is CCOC(=O)CN(C1CC1)S(=O)(=O)c1cccc(N)c1C. The van der Waals surface area contributed by atoms with Crippen LogP contribution >= 0.6 is 0 Å². The first kappa shape index (κ1) is 15.8. The summed E-state index contributed by atoms with van der Waals surface area (Å²) >= 11 is 0. The van der Waals surface area contributed by atoms with Crippen molar-refractivity contribution in [2.75, 3.05) is 18.9 Å². The fraction of sp³-hybridized carbons (Fsp3) is 0.500. The zero-order valence-corrected chi connectivity index (χ0v) is 13.0. The van der Waals surface area contributed by atoms with E-state index in [-0.39, 0.29) is 24.1 Å². The van der Waals surface area contributed by atoms with E-state index in [9.17, 15) is 13.2 Å². The number of nitrogens with zero attached hydrogens (tertiary/aromatic N) is 1. The third-order valence-corrected chi connectivity index (χ3v) is 5.50. The molecule has 2 N–H and O–H groups in total. The second kappa shape index (κ2) is 6.03. The molecular formula is C14H20N2O4S. The van der Waals surface area contributed by atoms with E-state index < -0.39 is 16.0 Å². The van der Waals surface area contributed by atoms with Gasteiger partial charge in [0.25, 0.3) is 0 Å². The molecule has 2 rings (SSSR count). The zero-order valence-electron chi connectivity index (χ0n) is 12.2. The van der Waals surface area contributed by atoms with Crippen LogP contribution in [-0.2, 0) is 19.6 Å². The van der Waals surface area contributed by atoms with Gasteiger partial charge in [0.2, 0.25) is 10.0 Å². The van der Waals surface area contributed by atoms with Gasteiger partial charge >= 0.3 is 5.97 Å². The topological polar surface area (TPSA) is 89.7 Å². The summed E-state index contributed by atoms with van der Waals surface area (Å²) in [5, 5.41) is 0. The van der Waals surface area contributed by atoms with Crippen molar-refractivity contribution in [2.45, 2.75) is 37.6 Å². The fourth-order valence-electron chi connectivity index (χ4n) is 2.14. The molecule has 0 unspecified atom stereocenters. The molecule has 0 saturated heterocycles. The maximum atomic E-state index is 12.8. The Morgan fingerprint density at radius 3 is 2.67 bits per heavy atom. The number of esters is 1. The summed E-state index contributed by atoms with van der Waals surface area (Å²) in [6, 6.07) is 4.65. The lowest BCUT2D eigenvalue weighted by molar-refractivity contribution is -0.143. The number of rotatable bonds is 6. The molecule has 7 heteroatoms. The second-order valence-corrected chi connectivity index (χ2v) is 6.92. The highest BCUT2D eigenvalue weighted by molar-refractivity contribution is 7.89. The molecule has 1 saturated carbocycles. The van der Waals surface area contributed by atoms with Crippen molar-refractivity contribution in [3.63, 3.8) is 0 Å². The van der Waals surface area contributed by atoms with Crippen LogP contribution in [-0.4, -0.2) is 37.9 Å². The lowest BCUT2D eigenvalue weighted by atomic mass is 10.2. The molecule has 0 aromatic heterocycles. The molecule has 1 fully saturated rings. The third-order valence-electron chi connectivity index (χ3n) is 3.46. The highest BCUT2D eigenvalue weighted by atomic mass is 32.2. The van der Waals surface area contributed by atoms with Crippen LogP contribution in [0, 0.1) is 6.92 Å². The first-order valence-electron chi connectivity index (χ1n) is 6.90. The average molecular weight is 312 g/mol. The van der Waals surface area contributed by atoms with E-state index in [2.05, 4.69) is 0 Å². The van der Waals surface area contributed by atoms with Crippen molar-refractivity contribution in [3.05, 3.63) is 23.8 Å². The van der Waals surface area contributed by atoms with Crippen LogP contribution in [0.2, 0.25) is 0 Å². The lowest BCUT2D eigenvalue weighted by Gasteiger charge is -2.22. The quantitative estimate of drug-likeness (QED) is 0.631. The number of ether oxygens (including phenoxy) is 1. The van der Waals surface area contributed by atoms with E-state index in [1.54, 1.807) is 26.0 Å². The predicted molar refractivity (Wildman–Crippen MR) is 79.1 cm³/mol. The van der Waals surface area contributed by atoms with Gasteiger partial charge in [-0.3, -0.25) is 4.79 Å². The number of carbonyl (C=O) groups is 1. The third kappa shape index (κ3) is 3.36. The van der Waals surface area contributed by atoms with Gasteiger partial charge in [-0.1, -0.05) is 6.07 Å². The van der Waals surface area contributed by atoms with E-state index in [1.807, 2.05) is 0 Å². The minimum absolute atomic E-state index is 0.125. The fourth-order valence-corrected chi connectivity index (χ4v) is 4.03. The Morgan fingerprint density at radius 1 is 1.43 bits per heavy atom. The number of sulfonamides is 1. The van der Waals surface area contributed by atoms with Gasteiger partial charge in [0.15, 0.2) is 0 Å². The van der Waals surface area contributed by atoms with Crippen molar-refractivity contribution in [2.24, 2.45) is 0 Å². The van der Waals surface area contributed by atoms with Gasteiger partial charge in [0.1, 0.15) is 6.54 Å². The molecule has 116 valence electrons. The molecule has 0 aliphatic heterocycles. The first-order chi connectivity index (χ1) is 9.87. The summed E-state index contributed by atoms with van der Waals surface area (Å²) in [4.78, 5) is 11.8. The molecule has 0 heterocycles. The molecular weight excluding hydrogens is 292 g/mol. The van der Waals surface area contributed by atoms with Gasteiger partial charge in [-0.05, 0) is 44.4 Å². The van der Waals surface area contributed by atoms with Crippen molar-refractivity contribution in [3.8, 4) is 0 Å². The van der Waals surface area contributed by atoms with Crippen LogP contribution in [0.4, 0.5) is 5.69 Å². The van der Waals surface area contributed by atoms with Crippen molar-refractivity contribution in [1.82, 2.24) is 4.31 Å². The highest BCUT2D eigenvalue weighted by Crippen LogP contribution is 2.33. The molecule has 1 aliphatic rings. The van der Waals surface area contributed by atoms with Crippen LogP contribution in [0.5, 0.6) is 0 Å². The Hall–Kier alpha value is -1.60. The molecule has 1 aliphatic carbocycles. The Bertz CT molecular complexity index is 638. The smallest absolute Gasteiger partial charge is 0.321 e. The van der Waals surface area contributed by atoms with E-state index in [1.165, 1.54) is 10.4 Å². The van der Waals surface area contributed by atoms with E-state index in [0.717, 1.165) is 12.8 Å². The molecule has 0 amide bonds. The molecule has 0 atom stereocenters. The molecule has 21 heavy (non-hydrogen) atoms. The first-order valence-corrected chi connectivity index (χ1v) is 8.34. The van der Waals surface area contributed by atoms with Crippen LogP contribution < -0.4 is 5.73 Å². The monoisotopic (exact) mass is 312 g/mol. The summed E-state index contributed by atoms with van der Waals surface area (Å²) in [6.07, 6.45) is 1.53. The van der Waals surface area contributed by atoms with Crippen LogP contribution in [0.1, 0.15) is 25.3 Å². The van der Waals surface area contributed by atoms with Crippen molar-refractivity contribution < 1.29 is 17.9 Å². The summed E-state index contributed by atoms with van der Waals surface area (Å²) in [5.74, 6) is -0.533. The predicted octanol–water partition coefficient (Wildman–Crippen LogP) is 1.29. The summed E-state index contributed by atoms with van der Waals surface area (Å²) in [7, 11) is -3.75. The normalized spacial score (nSPS) is 15.2. The molecule has 6 nitrogen and oxygen atoms in total. The van der Waals surface area contributed by atoms with Gasteiger partial charge < -0.3 is 10.5 Å². The maximum Gasteiger partial charge on any atom is 0.321 e. The average Bonchev–Trinajstić information content (AvgIpc) is 3.23. The maximum absolute atomic E-state index is 12.8. The van der Waals surface area contributed by atoms with Gasteiger partial charge in [0, 0.05) is 11.7 Å². The number of anilines is 1. The largest absolute Gasteiger partial charge is 0.465 e. The molecule has 0 radical (unpaired) electrons. The summed E-state index contributed by atoms with van der Waals surface area (Å²) in [6.45, 7) is 3.33. The number of benzene rings is 1. The number of hydrogen-bond donors (Lipinski definition) is 1. The van der Waals surface area contributed by atoms with Crippen LogP contribution in [0.25, 0.3) is 0 Å². The Kier molecular flexibility index (Phi) is 4.53. The van der Waals surface area contributed by atoms with Crippen molar-refractivity contribution in [1.29, 1.82) is 0 Å². The molecule has 1 aromatic rings. The van der Waals surface area contributed by atoms with Gasteiger partial charge in [-0.2, -0.15) is 4.31 Å². The zero-order chi connectivity index (χ0) is 15.6. The molecule has 0 spiro atoms. The Balaban J connectivity index is 2.34. The van der Waals surface area contributed by atoms with E-state index in [0.29, 0.717) is 11.3 Å². The van der Waals surface area contributed by atoms with Gasteiger partial charge in [-0.25, -0.2) is 8.42 Å². The van der Waals surface area contributed by atoms with E-state index in [4.69, 9.17) is 10.5 Å².